The van der Waals surface area contributed by atoms with Crippen molar-refractivity contribution in [3.05, 3.63) is 65.5 Å². The first-order valence-electron chi connectivity index (χ1n) is 9.63. The number of fused-ring (bicyclic) bond motifs is 1. The number of benzene rings is 2. The standard InChI is InChI=1S/C22H21N3O2/c26-22(25-14-13-15-5-3-4-8-19(15)25)18-11-9-16(10-12-18)20-23-21(27-24-20)17-6-1-2-7-17/h3-5,8-12,17H,1-2,6-7,13-14H2. The fraction of sp³-hybridized carbons (Fsp3) is 0.318. The fourth-order valence-electron chi connectivity index (χ4n) is 4.16. The Labute approximate surface area is 158 Å². The highest BCUT2D eigenvalue weighted by molar-refractivity contribution is 6.07. The number of aromatic nitrogens is 2. The highest BCUT2D eigenvalue weighted by Gasteiger charge is 2.26. The van der Waals surface area contributed by atoms with Crippen molar-refractivity contribution in [2.45, 2.75) is 38.0 Å². The van der Waals surface area contributed by atoms with Gasteiger partial charge in [0.2, 0.25) is 11.7 Å². The number of anilines is 1. The molecular weight excluding hydrogens is 338 g/mol. The normalized spacial score (nSPS) is 16.7. The molecule has 1 aliphatic heterocycles. The van der Waals surface area contributed by atoms with Crippen molar-refractivity contribution in [3.8, 4) is 11.4 Å². The third-order valence-corrected chi connectivity index (χ3v) is 5.67. The number of amides is 1. The highest BCUT2D eigenvalue weighted by Crippen LogP contribution is 2.34. The average Bonchev–Trinajstić information content (AvgIpc) is 3.47. The zero-order valence-electron chi connectivity index (χ0n) is 15.1. The summed E-state index contributed by atoms with van der Waals surface area (Å²) in [6, 6.07) is 15.6. The summed E-state index contributed by atoms with van der Waals surface area (Å²) in [5.74, 6) is 1.78. The van der Waals surface area contributed by atoms with E-state index in [9.17, 15) is 4.79 Å². The van der Waals surface area contributed by atoms with Crippen molar-refractivity contribution < 1.29 is 9.32 Å². The van der Waals surface area contributed by atoms with Crippen molar-refractivity contribution >= 4 is 11.6 Å². The molecule has 1 aromatic heterocycles. The molecule has 1 fully saturated rings. The molecule has 1 amide bonds. The first-order chi connectivity index (χ1) is 13.3. The van der Waals surface area contributed by atoms with Crippen LogP contribution in [0.5, 0.6) is 0 Å². The topological polar surface area (TPSA) is 59.2 Å². The van der Waals surface area contributed by atoms with Crippen LogP contribution in [0.25, 0.3) is 11.4 Å². The third kappa shape index (κ3) is 2.93. The highest BCUT2D eigenvalue weighted by atomic mass is 16.5. The van der Waals surface area contributed by atoms with Crippen LogP contribution < -0.4 is 4.90 Å². The molecule has 0 N–H and O–H groups in total. The Bertz CT molecular complexity index is 971. The molecule has 0 bridgehead atoms. The largest absolute Gasteiger partial charge is 0.339 e. The summed E-state index contributed by atoms with van der Waals surface area (Å²) >= 11 is 0. The van der Waals surface area contributed by atoms with Gasteiger partial charge in [-0.2, -0.15) is 4.98 Å². The van der Waals surface area contributed by atoms with Crippen LogP contribution in [0.2, 0.25) is 0 Å². The Kier molecular flexibility index (Phi) is 4.00. The van der Waals surface area contributed by atoms with Crippen molar-refractivity contribution in [1.82, 2.24) is 10.1 Å². The van der Waals surface area contributed by atoms with Gasteiger partial charge in [0.15, 0.2) is 0 Å². The molecule has 0 radical (unpaired) electrons. The molecule has 0 spiro atoms. The molecular formula is C22H21N3O2. The summed E-state index contributed by atoms with van der Waals surface area (Å²) in [5, 5.41) is 4.13. The number of hydrogen-bond donors (Lipinski definition) is 0. The van der Waals surface area contributed by atoms with E-state index in [-0.39, 0.29) is 5.91 Å². The zero-order chi connectivity index (χ0) is 18.2. The van der Waals surface area contributed by atoms with Crippen LogP contribution in [-0.4, -0.2) is 22.6 Å². The molecule has 2 heterocycles. The molecule has 3 aromatic rings. The van der Waals surface area contributed by atoms with Gasteiger partial charge in [-0.1, -0.05) is 48.3 Å². The lowest BCUT2D eigenvalue weighted by Crippen LogP contribution is -2.28. The minimum atomic E-state index is 0.0336. The Balaban J connectivity index is 1.35. The van der Waals surface area contributed by atoms with Gasteiger partial charge in [0.05, 0.1) is 0 Å². The second-order valence-corrected chi connectivity index (χ2v) is 7.35. The van der Waals surface area contributed by atoms with E-state index in [1.54, 1.807) is 0 Å². The Hall–Kier alpha value is -2.95. The molecule has 1 saturated carbocycles. The van der Waals surface area contributed by atoms with Crippen molar-refractivity contribution in [1.29, 1.82) is 0 Å². The van der Waals surface area contributed by atoms with Gasteiger partial charge in [-0.15, -0.1) is 0 Å². The van der Waals surface area contributed by atoms with Crippen LogP contribution >= 0.6 is 0 Å². The first-order valence-corrected chi connectivity index (χ1v) is 9.63. The molecule has 0 unspecified atom stereocenters. The van der Waals surface area contributed by atoms with E-state index in [2.05, 4.69) is 16.2 Å². The molecule has 1 aliphatic carbocycles. The lowest BCUT2D eigenvalue weighted by molar-refractivity contribution is 0.0989. The van der Waals surface area contributed by atoms with Crippen molar-refractivity contribution in [2.75, 3.05) is 11.4 Å². The third-order valence-electron chi connectivity index (χ3n) is 5.67. The van der Waals surface area contributed by atoms with Crippen LogP contribution in [0.15, 0.2) is 53.1 Å². The average molecular weight is 359 g/mol. The molecule has 5 heteroatoms. The monoisotopic (exact) mass is 359 g/mol. The Morgan fingerprint density at radius 1 is 1.04 bits per heavy atom. The molecule has 5 rings (SSSR count). The van der Waals surface area contributed by atoms with Crippen LogP contribution in [0, 0.1) is 0 Å². The molecule has 0 atom stereocenters. The van der Waals surface area contributed by atoms with Gasteiger partial charge < -0.3 is 9.42 Å². The maximum atomic E-state index is 12.9. The second-order valence-electron chi connectivity index (χ2n) is 7.35. The number of hydrogen-bond acceptors (Lipinski definition) is 4. The summed E-state index contributed by atoms with van der Waals surface area (Å²) in [7, 11) is 0. The van der Waals surface area contributed by atoms with Crippen molar-refractivity contribution in [2.24, 2.45) is 0 Å². The predicted molar refractivity (Wildman–Crippen MR) is 103 cm³/mol. The molecule has 136 valence electrons. The van der Waals surface area contributed by atoms with Gasteiger partial charge in [-0.25, -0.2) is 0 Å². The van der Waals surface area contributed by atoms with E-state index in [4.69, 9.17) is 4.52 Å². The maximum Gasteiger partial charge on any atom is 0.258 e. The van der Waals surface area contributed by atoms with Crippen LogP contribution in [0.3, 0.4) is 0 Å². The molecule has 27 heavy (non-hydrogen) atoms. The van der Waals surface area contributed by atoms with E-state index in [1.807, 2.05) is 47.4 Å². The summed E-state index contributed by atoms with van der Waals surface area (Å²) in [6.07, 6.45) is 5.64. The molecule has 5 nitrogen and oxygen atoms in total. The minimum Gasteiger partial charge on any atom is -0.339 e. The van der Waals surface area contributed by atoms with Gasteiger partial charge in [-0.05, 0) is 43.0 Å². The first kappa shape index (κ1) is 16.2. The summed E-state index contributed by atoms with van der Waals surface area (Å²) < 4.78 is 5.46. The van der Waals surface area contributed by atoms with Gasteiger partial charge in [0.1, 0.15) is 0 Å². The summed E-state index contributed by atoms with van der Waals surface area (Å²) in [4.78, 5) is 19.3. The summed E-state index contributed by atoms with van der Waals surface area (Å²) in [5.41, 5.74) is 3.80. The fourth-order valence-corrected chi connectivity index (χ4v) is 4.16. The quantitative estimate of drug-likeness (QED) is 0.686. The molecule has 2 aliphatic rings. The van der Waals surface area contributed by atoms with E-state index in [0.29, 0.717) is 17.3 Å². The van der Waals surface area contributed by atoms with Gasteiger partial charge in [-0.3, -0.25) is 4.79 Å². The van der Waals surface area contributed by atoms with E-state index in [0.717, 1.165) is 42.9 Å². The van der Waals surface area contributed by atoms with Crippen molar-refractivity contribution in [3.63, 3.8) is 0 Å². The lowest BCUT2D eigenvalue weighted by Gasteiger charge is -2.17. The Morgan fingerprint density at radius 2 is 1.81 bits per heavy atom. The second kappa shape index (κ2) is 6.65. The smallest absolute Gasteiger partial charge is 0.258 e. The predicted octanol–water partition coefficient (Wildman–Crippen LogP) is 4.60. The van der Waals surface area contributed by atoms with E-state index >= 15 is 0 Å². The lowest BCUT2D eigenvalue weighted by atomic mass is 10.1. The zero-order valence-corrected chi connectivity index (χ0v) is 15.1. The number of nitrogens with zero attached hydrogens (tertiary/aromatic N) is 3. The number of carbonyl (C=O) groups is 1. The Morgan fingerprint density at radius 3 is 2.63 bits per heavy atom. The number of carbonyl (C=O) groups excluding carboxylic acids is 1. The van der Waals surface area contributed by atoms with Crippen LogP contribution in [0.4, 0.5) is 5.69 Å². The van der Waals surface area contributed by atoms with Gasteiger partial charge in [0.25, 0.3) is 5.91 Å². The van der Waals surface area contributed by atoms with E-state index in [1.165, 1.54) is 18.4 Å². The molecule has 2 aromatic carbocycles. The summed E-state index contributed by atoms with van der Waals surface area (Å²) in [6.45, 7) is 0.732. The molecule has 0 saturated heterocycles. The van der Waals surface area contributed by atoms with Gasteiger partial charge in [0, 0.05) is 29.3 Å². The van der Waals surface area contributed by atoms with Crippen LogP contribution in [0.1, 0.15) is 53.4 Å². The van der Waals surface area contributed by atoms with E-state index < -0.39 is 0 Å². The number of para-hydroxylation sites is 1. The van der Waals surface area contributed by atoms with Crippen LogP contribution in [-0.2, 0) is 6.42 Å². The SMILES string of the molecule is O=C(c1ccc(-c2noc(C3CCCC3)n2)cc1)N1CCc2ccccc21. The van der Waals surface area contributed by atoms with Gasteiger partial charge >= 0.3 is 0 Å². The minimum absolute atomic E-state index is 0.0336. The maximum absolute atomic E-state index is 12.9. The number of rotatable bonds is 3.